The van der Waals surface area contributed by atoms with E-state index in [4.69, 9.17) is 14.2 Å². The van der Waals surface area contributed by atoms with Crippen LogP contribution in [0.2, 0.25) is 0 Å². The number of nitrogens with zero attached hydrogens (tertiary/aromatic N) is 1. The van der Waals surface area contributed by atoms with Gasteiger partial charge in [0.25, 0.3) is 0 Å². The molecule has 0 bridgehead atoms. The highest BCUT2D eigenvalue weighted by atomic mass is 16.6. The second-order valence-electron chi connectivity index (χ2n) is 5.71. The van der Waals surface area contributed by atoms with Crippen molar-refractivity contribution in [2.24, 2.45) is 0 Å². The van der Waals surface area contributed by atoms with Crippen molar-refractivity contribution in [2.45, 2.75) is 6.42 Å². The van der Waals surface area contributed by atoms with Gasteiger partial charge in [-0.2, -0.15) is 0 Å². The highest BCUT2D eigenvalue weighted by Gasteiger charge is 2.14. The fourth-order valence-corrected chi connectivity index (χ4v) is 2.71. The van der Waals surface area contributed by atoms with Crippen LogP contribution in [0.5, 0.6) is 17.2 Å². The second-order valence-corrected chi connectivity index (χ2v) is 5.71. The minimum absolute atomic E-state index is 0.209. The van der Waals surface area contributed by atoms with Gasteiger partial charge in [0.05, 0.1) is 6.42 Å². The van der Waals surface area contributed by atoms with Crippen LogP contribution in [0.1, 0.15) is 5.56 Å². The largest absolute Gasteiger partial charge is 0.486 e. The standard InChI is InChI=1S/C20H17NO4/c22-20(25-17-7-8-18-19(14-17)24-12-11-23-18)13-15-3-5-16(6-4-15)21-9-1-2-10-21/h1-10,14H,11-13H2. The van der Waals surface area contributed by atoms with Crippen molar-refractivity contribution >= 4 is 5.97 Å². The van der Waals surface area contributed by atoms with Gasteiger partial charge >= 0.3 is 5.97 Å². The molecule has 126 valence electrons. The average Bonchev–Trinajstić information content (AvgIpc) is 3.17. The van der Waals surface area contributed by atoms with Crippen LogP contribution in [0.25, 0.3) is 5.69 Å². The molecule has 0 aliphatic carbocycles. The summed E-state index contributed by atoms with van der Waals surface area (Å²) in [5.74, 6) is 1.42. The summed E-state index contributed by atoms with van der Waals surface area (Å²) in [5, 5.41) is 0. The number of hydrogen-bond acceptors (Lipinski definition) is 4. The van der Waals surface area contributed by atoms with E-state index in [9.17, 15) is 4.79 Å². The first-order chi connectivity index (χ1) is 12.3. The third kappa shape index (κ3) is 3.50. The molecule has 1 aromatic heterocycles. The predicted octanol–water partition coefficient (Wildman–Crippen LogP) is 3.40. The van der Waals surface area contributed by atoms with Gasteiger partial charge in [0, 0.05) is 24.1 Å². The van der Waals surface area contributed by atoms with Crippen LogP contribution in [0.3, 0.4) is 0 Å². The maximum absolute atomic E-state index is 12.2. The third-order valence-corrected chi connectivity index (χ3v) is 3.93. The summed E-state index contributed by atoms with van der Waals surface area (Å²) in [7, 11) is 0. The van der Waals surface area contributed by atoms with Gasteiger partial charge in [-0.05, 0) is 42.0 Å². The van der Waals surface area contributed by atoms with Crippen LogP contribution >= 0.6 is 0 Å². The summed E-state index contributed by atoms with van der Waals surface area (Å²) in [6, 6.07) is 16.9. The second kappa shape index (κ2) is 6.73. The molecule has 2 heterocycles. The predicted molar refractivity (Wildman–Crippen MR) is 92.5 cm³/mol. The highest BCUT2D eigenvalue weighted by Crippen LogP contribution is 2.33. The van der Waals surface area contributed by atoms with Crippen molar-refractivity contribution in [3.8, 4) is 22.9 Å². The lowest BCUT2D eigenvalue weighted by Crippen LogP contribution is -2.16. The Kier molecular flexibility index (Phi) is 4.12. The Hall–Kier alpha value is -3.21. The fraction of sp³-hybridized carbons (Fsp3) is 0.150. The molecule has 0 atom stereocenters. The van der Waals surface area contributed by atoms with Crippen LogP contribution in [0, 0.1) is 0 Å². The molecular weight excluding hydrogens is 318 g/mol. The third-order valence-electron chi connectivity index (χ3n) is 3.93. The van der Waals surface area contributed by atoms with E-state index < -0.39 is 0 Å². The van der Waals surface area contributed by atoms with Crippen LogP contribution in [0.4, 0.5) is 0 Å². The number of carbonyl (C=O) groups is 1. The molecule has 5 nitrogen and oxygen atoms in total. The minimum Gasteiger partial charge on any atom is -0.486 e. The molecule has 1 aliphatic heterocycles. The van der Waals surface area contributed by atoms with E-state index in [1.807, 2.05) is 53.4 Å². The molecule has 1 aliphatic rings. The van der Waals surface area contributed by atoms with E-state index in [1.54, 1.807) is 18.2 Å². The summed E-state index contributed by atoms with van der Waals surface area (Å²) in [6.45, 7) is 1.03. The number of hydrogen-bond donors (Lipinski definition) is 0. The van der Waals surface area contributed by atoms with Crippen LogP contribution in [0.15, 0.2) is 67.0 Å². The van der Waals surface area contributed by atoms with Crippen molar-refractivity contribution in [3.05, 3.63) is 72.6 Å². The van der Waals surface area contributed by atoms with E-state index in [0.29, 0.717) is 30.5 Å². The topological polar surface area (TPSA) is 49.7 Å². The average molecular weight is 335 g/mol. The monoisotopic (exact) mass is 335 g/mol. The lowest BCUT2D eigenvalue weighted by Gasteiger charge is -2.18. The van der Waals surface area contributed by atoms with E-state index >= 15 is 0 Å². The Bertz CT molecular complexity index is 869. The molecule has 2 aromatic carbocycles. The molecule has 0 saturated carbocycles. The Labute approximate surface area is 145 Å². The number of rotatable bonds is 4. The number of aromatic nitrogens is 1. The molecule has 0 radical (unpaired) electrons. The zero-order valence-electron chi connectivity index (χ0n) is 13.6. The van der Waals surface area contributed by atoms with Gasteiger partial charge in [-0.3, -0.25) is 4.79 Å². The number of carbonyl (C=O) groups excluding carboxylic acids is 1. The molecular formula is C20H17NO4. The van der Waals surface area contributed by atoms with Gasteiger partial charge < -0.3 is 18.8 Å². The zero-order valence-corrected chi connectivity index (χ0v) is 13.6. The zero-order chi connectivity index (χ0) is 17.1. The van der Waals surface area contributed by atoms with Crippen molar-refractivity contribution < 1.29 is 19.0 Å². The lowest BCUT2D eigenvalue weighted by atomic mass is 10.1. The first-order valence-electron chi connectivity index (χ1n) is 8.10. The smallest absolute Gasteiger partial charge is 0.315 e. The normalized spacial score (nSPS) is 12.6. The van der Waals surface area contributed by atoms with Gasteiger partial charge in [-0.1, -0.05) is 12.1 Å². The summed E-state index contributed by atoms with van der Waals surface area (Å²) in [6.07, 6.45) is 4.16. The maximum atomic E-state index is 12.2. The van der Waals surface area contributed by atoms with Crippen molar-refractivity contribution in [3.63, 3.8) is 0 Å². The summed E-state index contributed by atoms with van der Waals surface area (Å²) in [4.78, 5) is 12.2. The molecule has 5 heteroatoms. The molecule has 0 amide bonds. The van der Waals surface area contributed by atoms with Gasteiger partial charge in [0.1, 0.15) is 19.0 Å². The SMILES string of the molecule is O=C(Cc1ccc(-n2cccc2)cc1)Oc1ccc2c(c1)OCCO2. The fourth-order valence-electron chi connectivity index (χ4n) is 2.71. The Morgan fingerprint density at radius 3 is 2.44 bits per heavy atom. The number of ether oxygens (including phenoxy) is 3. The van der Waals surface area contributed by atoms with Crippen molar-refractivity contribution in [1.82, 2.24) is 4.57 Å². The van der Waals surface area contributed by atoms with Gasteiger partial charge in [0.15, 0.2) is 11.5 Å². The van der Waals surface area contributed by atoms with Crippen LogP contribution < -0.4 is 14.2 Å². The quantitative estimate of drug-likeness (QED) is 0.542. The van der Waals surface area contributed by atoms with Crippen molar-refractivity contribution in [2.75, 3.05) is 13.2 Å². The Morgan fingerprint density at radius 2 is 1.68 bits per heavy atom. The molecule has 0 fully saturated rings. The molecule has 4 rings (SSSR count). The van der Waals surface area contributed by atoms with Crippen LogP contribution in [-0.2, 0) is 11.2 Å². The van der Waals surface area contributed by atoms with Crippen LogP contribution in [-0.4, -0.2) is 23.8 Å². The number of esters is 1. The van der Waals surface area contributed by atoms with E-state index in [0.717, 1.165) is 11.3 Å². The van der Waals surface area contributed by atoms with E-state index in [-0.39, 0.29) is 12.4 Å². The molecule has 0 saturated heterocycles. The molecule has 0 N–H and O–H groups in total. The number of benzene rings is 2. The number of fused-ring (bicyclic) bond motifs is 1. The molecule has 25 heavy (non-hydrogen) atoms. The summed E-state index contributed by atoms with van der Waals surface area (Å²) in [5.41, 5.74) is 1.95. The van der Waals surface area contributed by atoms with Crippen molar-refractivity contribution in [1.29, 1.82) is 0 Å². The van der Waals surface area contributed by atoms with Gasteiger partial charge in [0.2, 0.25) is 0 Å². The summed E-state index contributed by atoms with van der Waals surface area (Å²) < 4.78 is 18.4. The maximum Gasteiger partial charge on any atom is 0.315 e. The van der Waals surface area contributed by atoms with E-state index in [1.165, 1.54) is 0 Å². The van der Waals surface area contributed by atoms with Gasteiger partial charge in [-0.25, -0.2) is 0 Å². The molecule has 0 unspecified atom stereocenters. The van der Waals surface area contributed by atoms with Gasteiger partial charge in [-0.15, -0.1) is 0 Å². The molecule has 3 aromatic rings. The first-order valence-corrected chi connectivity index (χ1v) is 8.10. The highest BCUT2D eigenvalue weighted by molar-refractivity contribution is 5.75. The van der Waals surface area contributed by atoms with E-state index in [2.05, 4.69) is 0 Å². The first kappa shape index (κ1) is 15.3. The molecule has 0 spiro atoms. The summed E-state index contributed by atoms with van der Waals surface area (Å²) >= 11 is 0. The lowest BCUT2D eigenvalue weighted by molar-refractivity contribution is -0.133. The Balaban J connectivity index is 1.40. The minimum atomic E-state index is -0.314. The Morgan fingerprint density at radius 1 is 0.960 bits per heavy atom.